The van der Waals surface area contributed by atoms with Gasteiger partial charge in [0.15, 0.2) is 0 Å². The van der Waals surface area contributed by atoms with Crippen LogP contribution >= 0.6 is 0 Å². The molecule has 0 unspecified atom stereocenters. The van der Waals surface area contributed by atoms with Crippen molar-refractivity contribution < 1.29 is 5.11 Å². The molecule has 2 aromatic rings. The molecule has 0 radical (unpaired) electrons. The topological polar surface area (TPSA) is 20.2 Å². The van der Waals surface area contributed by atoms with Crippen molar-refractivity contribution in [2.75, 3.05) is 0 Å². The van der Waals surface area contributed by atoms with Crippen molar-refractivity contribution in [1.29, 1.82) is 0 Å². The van der Waals surface area contributed by atoms with Crippen LogP contribution in [-0.2, 0) is 18.3 Å². The molecule has 0 aliphatic heterocycles. The Bertz CT molecular complexity index is 804. The number of phenols is 1. The van der Waals surface area contributed by atoms with Gasteiger partial charge in [0.25, 0.3) is 0 Å². The number of aryl methyl sites for hydroxylation is 2. The first kappa shape index (κ1) is 20.6. The van der Waals surface area contributed by atoms with E-state index >= 15 is 0 Å². The summed E-state index contributed by atoms with van der Waals surface area (Å²) in [5.41, 5.74) is 10.5. The minimum atomic E-state index is -0.0737. The van der Waals surface area contributed by atoms with Gasteiger partial charge in [-0.1, -0.05) is 59.7 Å². The van der Waals surface area contributed by atoms with Gasteiger partial charge in [-0.25, -0.2) is 0 Å². The van der Waals surface area contributed by atoms with Crippen molar-refractivity contribution in [1.82, 2.24) is 0 Å². The number of hydrogen-bond donors (Lipinski definition) is 1. The van der Waals surface area contributed by atoms with E-state index in [0.717, 1.165) is 24.0 Å². The molecular weight excluding hydrogens is 316 g/mol. The summed E-state index contributed by atoms with van der Waals surface area (Å²) < 4.78 is 0. The number of aromatic hydroxyl groups is 1. The summed E-state index contributed by atoms with van der Waals surface area (Å²) >= 11 is 0. The Kier molecular flexibility index (Phi) is 5.90. The maximum absolute atomic E-state index is 10.8. The Morgan fingerprint density at radius 3 is 2.00 bits per heavy atom. The van der Waals surface area contributed by atoms with Crippen LogP contribution in [0.4, 0.5) is 0 Å². The third-order valence-electron chi connectivity index (χ3n) is 5.65. The molecule has 0 heterocycles. The largest absolute Gasteiger partial charge is 0.507 e. The number of phenolic OH excluding ortho intramolecular Hbond substituents is 1. The van der Waals surface area contributed by atoms with Crippen molar-refractivity contribution in [2.45, 2.75) is 86.5 Å². The molecule has 2 aromatic carbocycles. The molecule has 0 saturated carbocycles. The van der Waals surface area contributed by atoms with Gasteiger partial charge < -0.3 is 5.11 Å². The Morgan fingerprint density at radius 1 is 0.923 bits per heavy atom. The van der Waals surface area contributed by atoms with Crippen LogP contribution in [0, 0.1) is 20.8 Å². The first-order valence-electron chi connectivity index (χ1n) is 9.92. The zero-order chi connectivity index (χ0) is 19.8. The molecule has 0 spiro atoms. The van der Waals surface area contributed by atoms with Crippen LogP contribution in [0.5, 0.6) is 5.75 Å². The van der Waals surface area contributed by atoms with Crippen LogP contribution in [-0.4, -0.2) is 5.11 Å². The van der Waals surface area contributed by atoms with E-state index in [-0.39, 0.29) is 5.41 Å². The molecule has 1 N–H and O–H groups in total. The maximum Gasteiger partial charge on any atom is 0.122 e. The minimum Gasteiger partial charge on any atom is -0.507 e. The summed E-state index contributed by atoms with van der Waals surface area (Å²) in [4.78, 5) is 0. The van der Waals surface area contributed by atoms with Gasteiger partial charge in [0.05, 0.1) is 0 Å². The highest BCUT2D eigenvalue weighted by Crippen LogP contribution is 2.38. The van der Waals surface area contributed by atoms with E-state index in [4.69, 9.17) is 0 Å². The highest BCUT2D eigenvalue weighted by Gasteiger charge is 2.23. The average molecular weight is 353 g/mol. The lowest BCUT2D eigenvalue weighted by molar-refractivity contribution is 0.437. The van der Waals surface area contributed by atoms with Gasteiger partial charge in [0, 0.05) is 0 Å². The lowest BCUT2D eigenvalue weighted by Crippen LogP contribution is -2.13. The van der Waals surface area contributed by atoms with Gasteiger partial charge in [-0.05, 0) is 89.5 Å². The Balaban J connectivity index is 2.63. The van der Waals surface area contributed by atoms with E-state index in [9.17, 15) is 5.11 Å². The normalized spacial score (nSPS) is 12.1. The van der Waals surface area contributed by atoms with E-state index in [1.807, 2.05) is 0 Å². The van der Waals surface area contributed by atoms with Crippen molar-refractivity contribution >= 4 is 0 Å². The Morgan fingerprint density at radius 2 is 1.50 bits per heavy atom. The van der Waals surface area contributed by atoms with Crippen LogP contribution in [0.2, 0.25) is 0 Å². The molecule has 0 bridgehead atoms. The molecule has 142 valence electrons. The molecule has 0 aliphatic carbocycles. The first-order chi connectivity index (χ1) is 12.0. The van der Waals surface area contributed by atoms with Crippen molar-refractivity contribution in [3.05, 3.63) is 62.7 Å². The molecule has 0 saturated heterocycles. The lowest BCUT2D eigenvalue weighted by Gasteiger charge is -2.25. The van der Waals surface area contributed by atoms with Crippen molar-refractivity contribution in [3.63, 3.8) is 0 Å². The second-order valence-corrected chi connectivity index (χ2v) is 9.11. The van der Waals surface area contributed by atoms with Crippen LogP contribution in [0.1, 0.15) is 92.0 Å². The second-order valence-electron chi connectivity index (χ2n) is 9.11. The second kappa shape index (κ2) is 7.47. The molecule has 26 heavy (non-hydrogen) atoms. The van der Waals surface area contributed by atoms with E-state index in [1.54, 1.807) is 0 Å². The summed E-state index contributed by atoms with van der Waals surface area (Å²) in [7, 11) is 0. The predicted molar refractivity (Wildman–Crippen MR) is 114 cm³/mol. The van der Waals surface area contributed by atoms with Gasteiger partial charge in [-0.15, -0.1) is 0 Å². The number of benzene rings is 2. The molecule has 1 heteroatoms. The molecule has 0 aromatic heterocycles. The number of hydrogen-bond acceptors (Lipinski definition) is 1. The van der Waals surface area contributed by atoms with E-state index in [2.05, 4.69) is 80.5 Å². The van der Waals surface area contributed by atoms with Crippen molar-refractivity contribution in [3.8, 4) is 5.75 Å². The van der Waals surface area contributed by atoms with E-state index in [0.29, 0.717) is 11.7 Å². The standard InChI is InChI=1S/C25H36O/c1-10-20-16(4)11-17(5)22(18(20)6)13-19-12-21(15(2)3)24(26)23(14-19)25(7,8)9/h11-12,14-15,26H,10,13H2,1-9H3. The minimum absolute atomic E-state index is 0.0737. The predicted octanol–water partition coefficient (Wildman–Crippen LogP) is 6.89. The van der Waals surface area contributed by atoms with E-state index in [1.165, 1.54) is 33.4 Å². The summed E-state index contributed by atoms with van der Waals surface area (Å²) in [6.07, 6.45) is 2.00. The SMILES string of the molecule is CCc1c(C)cc(C)c(Cc2cc(C(C)C)c(O)c(C(C)(C)C)c2)c1C. The van der Waals surface area contributed by atoms with Gasteiger partial charge in [-0.3, -0.25) is 0 Å². The molecule has 0 atom stereocenters. The fourth-order valence-electron chi connectivity index (χ4n) is 4.13. The molecule has 0 amide bonds. The van der Waals surface area contributed by atoms with Crippen LogP contribution in [0.15, 0.2) is 18.2 Å². The third-order valence-corrected chi connectivity index (χ3v) is 5.65. The van der Waals surface area contributed by atoms with E-state index < -0.39 is 0 Å². The quantitative estimate of drug-likeness (QED) is 0.635. The zero-order valence-corrected chi connectivity index (χ0v) is 18.2. The van der Waals surface area contributed by atoms with Gasteiger partial charge >= 0.3 is 0 Å². The monoisotopic (exact) mass is 352 g/mol. The molecule has 0 fully saturated rings. The van der Waals surface area contributed by atoms with Crippen LogP contribution in [0.3, 0.4) is 0 Å². The maximum atomic E-state index is 10.8. The smallest absolute Gasteiger partial charge is 0.122 e. The fraction of sp³-hybridized carbons (Fsp3) is 0.520. The fourth-order valence-corrected chi connectivity index (χ4v) is 4.13. The van der Waals surface area contributed by atoms with Crippen LogP contribution in [0.25, 0.3) is 0 Å². The van der Waals surface area contributed by atoms with Gasteiger partial charge in [0.2, 0.25) is 0 Å². The van der Waals surface area contributed by atoms with Crippen molar-refractivity contribution in [2.24, 2.45) is 0 Å². The summed E-state index contributed by atoms with van der Waals surface area (Å²) in [6, 6.07) is 6.75. The molecule has 2 rings (SSSR count). The number of rotatable bonds is 4. The highest BCUT2D eigenvalue weighted by atomic mass is 16.3. The molecular formula is C25H36O. The lowest BCUT2D eigenvalue weighted by atomic mass is 9.81. The Hall–Kier alpha value is -1.76. The molecule has 1 nitrogen and oxygen atoms in total. The zero-order valence-electron chi connectivity index (χ0n) is 18.2. The average Bonchev–Trinajstić information content (AvgIpc) is 2.51. The van der Waals surface area contributed by atoms with Crippen LogP contribution < -0.4 is 0 Å². The summed E-state index contributed by atoms with van der Waals surface area (Å²) in [6.45, 7) is 19.8. The first-order valence-corrected chi connectivity index (χ1v) is 9.92. The highest BCUT2D eigenvalue weighted by molar-refractivity contribution is 5.52. The van der Waals surface area contributed by atoms with Gasteiger partial charge in [0.1, 0.15) is 5.75 Å². The summed E-state index contributed by atoms with van der Waals surface area (Å²) in [5, 5.41) is 10.8. The molecule has 0 aliphatic rings. The van der Waals surface area contributed by atoms with Gasteiger partial charge in [-0.2, -0.15) is 0 Å². The third kappa shape index (κ3) is 3.98. The Labute approximate surface area is 160 Å². The summed E-state index contributed by atoms with van der Waals surface area (Å²) in [5.74, 6) is 0.783.